The Hall–Kier alpha value is -1.89. The summed E-state index contributed by atoms with van der Waals surface area (Å²) < 4.78 is 0. The Labute approximate surface area is 156 Å². The average Bonchev–Trinajstić information content (AvgIpc) is 3.01. The Morgan fingerprint density at radius 3 is 2.64 bits per heavy atom. The van der Waals surface area contributed by atoms with Crippen LogP contribution in [0.1, 0.15) is 18.7 Å². The Kier molecular flexibility index (Phi) is 6.99. The first kappa shape index (κ1) is 19.4. The smallest absolute Gasteiger partial charge is 0.320 e. The average molecular weight is 381 g/mol. The molecule has 1 unspecified atom stereocenters. The lowest BCUT2D eigenvalue weighted by atomic mass is 10.2. The number of nitrogens with zero attached hydrogens (tertiary/aromatic N) is 1. The van der Waals surface area contributed by atoms with Crippen LogP contribution in [0.15, 0.2) is 36.4 Å². The molecule has 1 aromatic heterocycles. The maximum atomic E-state index is 11.4. The number of rotatable bonds is 8. The largest absolute Gasteiger partial charge is 0.480 e. The van der Waals surface area contributed by atoms with Gasteiger partial charge >= 0.3 is 5.97 Å². The van der Waals surface area contributed by atoms with E-state index in [1.54, 1.807) is 18.3 Å². The van der Waals surface area contributed by atoms with Crippen molar-refractivity contribution in [2.75, 3.05) is 13.1 Å². The number of benzene rings is 1. The van der Waals surface area contributed by atoms with Gasteiger partial charge in [-0.3, -0.25) is 14.5 Å². The van der Waals surface area contributed by atoms with Gasteiger partial charge in [-0.15, -0.1) is 11.3 Å². The molecule has 0 aliphatic heterocycles. The third-order valence-corrected chi connectivity index (χ3v) is 5.27. The Morgan fingerprint density at radius 1 is 1.28 bits per heavy atom. The number of carbonyl (C=O) groups excluding carboxylic acids is 1. The zero-order valence-electron chi connectivity index (χ0n) is 14.2. The van der Waals surface area contributed by atoms with Gasteiger partial charge < -0.3 is 10.4 Å². The van der Waals surface area contributed by atoms with Gasteiger partial charge in [0.1, 0.15) is 6.04 Å². The third-order valence-electron chi connectivity index (χ3n) is 3.84. The maximum Gasteiger partial charge on any atom is 0.320 e. The molecule has 0 saturated carbocycles. The summed E-state index contributed by atoms with van der Waals surface area (Å²) in [4.78, 5) is 26.3. The molecule has 25 heavy (non-hydrogen) atoms. The van der Waals surface area contributed by atoms with Crippen LogP contribution >= 0.6 is 22.9 Å². The molecule has 134 valence electrons. The van der Waals surface area contributed by atoms with E-state index in [-0.39, 0.29) is 5.91 Å². The molecule has 1 amide bonds. The first-order chi connectivity index (χ1) is 11.9. The van der Waals surface area contributed by atoms with Crippen LogP contribution in [0.3, 0.4) is 0 Å². The lowest BCUT2D eigenvalue weighted by Crippen LogP contribution is -2.42. The van der Waals surface area contributed by atoms with Crippen molar-refractivity contribution in [2.45, 2.75) is 26.4 Å². The molecule has 0 aliphatic carbocycles. The topological polar surface area (TPSA) is 69.6 Å². The summed E-state index contributed by atoms with van der Waals surface area (Å²) in [5, 5.41) is 12.7. The number of carboxylic acid groups (broad SMARTS) is 1. The minimum absolute atomic E-state index is 0.125. The summed E-state index contributed by atoms with van der Waals surface area (Å²) in [6.07, 6.45) is 0. The fourth-order valence-electron chi connectivity index (χ4n) is 2.41. The Morgan fingerprint density at radius 2 is 2.00 bits per heavy atom. The van der Waals surface area contributed by atoms with Crippen molar-refractivity contribution in [2.24, 2.45) is 0 Å². The number of carbonyl (C=O) groups is 2. The number of amides is 1. The van der Waals surface area contributed by atoms with Gasteiger partial charge in [0, 0.05) is 46.9 Å². The van der Waals surface area contributed by atoms with Crippen molar-refractivity contribution < 1.29 is 14.7 Å². The second-order valence-electron chi connectivity index (χ2n) is 5.71. The predicted molar refractivity (Wildman–Crippen MR) is 101 cm³/mol. The van der Waals surface area contributed by atoms with Crippen LogP contribution in [0.25, 0.3) is 10.4 Å². The highest BCUT2D eigenvalue weighted by molar-refractivity contribution is 7.15. The zero-order valence-corrected chi connectivity index (χ0v) is 15.7. The highest BCUT2D eigenvalue weighted by atomic mass is 35.5. The van der Waals surface area contributed by atoms with Crippen LogP contribution in [0.5, 0.6) is 0 Å². The molecular weight excluding hydrogens is 360 g/mol. The second-order valence-corrected chi connectivity index (χ2v) is 7.29. The summed E-state index contributed by atoms with van der Waals surface area (Å²) in [5.41, 5.74) is 0.969. The standard InChI is InChI=1S/C18H21ClN2O3S/c1-12(18(23)24)21(10-9-20-13(2)22)11-14-7-8-17(25-14)15-5-3-4-6-16(15)19/h3-8,12H,9-11H2,1-2H3,(H,20,22)(H,23,24). The highest BCUT2D eigenvalue weighted by Gasteiger charge is 2.21. The molecule has 0 aliphatic rings. The number of aliphatic carboxylic acids is 1. The van der Waals surface area contributed by atoms with E-state index in [2.05, 4.69) is 5.32 Å². The summed E-state index contributed by atoms with van der Waals surface area (Å²) in [6, 6.07) is 11.0. The van der Waals surface area contributed by atoms with Crippen molar-refractivity contribution in [3.63, 3.8) is 0 Å². The molecule has 1 aromatic carbocycles. The minimum atomic E-state index is -0.884. The predicted octanol–water partition coefficient (Wildman–Crippen LogP) is 3.48. The minimum Gasteiger partial charge on any atom is -0.480 e. The van der Waals surface area contributed by atoms with Crippen LogP contribution in [0.4, 0.5) is 0 Å². The Balaban J connectivity index is 2.11. The number of carboxylic acids is 1. The van der Waals surface area contributed by atoms with Gasteiger partial charge in [-0.25, -0.2) is 0 Å². The first-order valence-electron chi connectivity index (χ1n) is 7.93. The lowest BCUT2D eigenvalue weighted by molar-refractivity contribution is -0.142. The van der Waals surface area contributed by atoms with Crippen LogP contribution in [-0.2, 0) is 16.1 Å². The van der Waals surface area contributed by atoms with Gasteiger partial charge in [0.25, 0.3) is 0 Å². The number of thiophene rings is 1. The molecule has 0 radical (unpaired) electrons. The fourth-order valence-corrected chi connectivity index (χ4v) is 3.78. The van der Waals surface area contributed by atoms with Crippen LogP contribution in [0.2, 0.25) is 5.02 Å². The quantitative estimate of drug-likeness (QED) is 0.735. The lowest BCUT2D eigenvalue weighted by Gasteiger charge is -2.25. The van der Waals surface area contributed by atoms with Crippen molar-refractivity contribution in [3.05, 3.63) is 46.3 Å². The van der Waals surface area contributed by atoms with Crippen molar-refractivity contribution in [1.82, 2.24) is 10.2 Å². The highest BCUT2D eigenvalue weighted by Crippen LogP contribution is 2.33. The molecular formula is C18H21ClN2O3S. The third kappa shape index (κ3) is 5.56. The second kappa shape index (κ2) is 8.99. The molecule has 1 heterocycles. The molecule has 1 atom stereocenters. The Bertz CT molecular complexity index is 747. The summed E-state index contributed by atoms with van der Waals surface area (Å²) in [6.45, 7) is 4.48. The summed E-state index contributed by atoms with van der Waals surface area (Å²) in [7, 11) is 0. The van der Waals surface area contributed by atoms with Crippen LogP contribution in [-0.4, -0.2) is 41.0 Å². The number of hydrogen-bond donors (Lipinski definition) is 2. The van der Waals surface area contributed by atoms with Gasteiger partial charge in [0.15, 0.2) is 0 Å². The number of hydrogen-bond acceptors (Lipinski definition) is 4. The van der Waals surface area contributed by atoms with E-state index in [9.17, 15) is 14.7 Å². The fraction of sp³-hybridized carbons (Fsp3) is 0.333. The van der Waals surface area contributed by atoms with Crippen molar-refractivity contribution >= 4 is 34.8 Å². The van der Waals surface area contributed by atoms with E-state index in [4.69, 9.17) is 11.6 Å². The van der Waals surface area contributed by atoms with E-state index < -0.39 is 12.0 Å². The summed E-state index contributed by atoms with van der Waals surface area (Å²) >= 11 is 7.83. The van der Waals surface area contributed by atoms with Gasteiger partial charge in [0.05, 0.1) is 0 Å². The van der Waals surface area contributed by atoms with Crippen molar-refractivity contribution in [1.29, 1.82) is 0 Å². The van der Waals surface area contributed by atoms with E-state index >= 15 is 0 Å². The molecule has 7 heteroatoms. The van der Waals surface area contributed by atoms with E-state index in [0.717, 1.165) is 15.3 Å². The molecule has 2 aromatic rings. The van der Waals surface area contributed by atoms with Gasteiger partial charge in [0.2, 0.25) is 5.91 Å². The summed E-state index contributed by atoms with van der Waals surface area (Å²) in [5.74, 6) is -1.01. The van der Waals surface area contributed by atoms with Crippen molar-refractivity contribution in [3.8, 4) is 10.4 Å². The van der Waals surface area contributed by atoms with Gasteiger partial charge in [-0.1, -0.05) is 29.8 Å². The SMILES string of the molecule is CC(=O)NCCN(Cc1ccc(-c2ccccc2Cl)s1)C(C)C(=O)O. The van der Waals surface area contributed by atoms with E-state index in [1.165, 1.54) is 6.92 Å². The van der Waals surface area contributed by atoms with E-state index in [1.807, 2.05) is 41.3 Å². The maximum absolute atomic E-state index is 11.4. The van der Waals surface area contributed by atoms with E-state index in [0.29, 0.717) is 24.7 Å². The van der Waals surface area contributed by atoms with Crippen LogP contribution < -0.4 is 5.32 Å². The molecule has 0 spiro atoms. The molecule has 5 nitrogen and oxygen atoms in total. The van der Waals surface area contributed by atoms with Crippen LogP contribution in [0, 0.1) is 0 Å². The zero-order chi connectivity index (χ0) is 18.4. The molecule has 0 saturated heterocycles. The normalized spacial score (nSPS) is 12.2. The first-order valence-corrected chi connectivity index (χ1v) is 9.13. The number of halogens is 1. The van der Waals surface area contributed by atoms with Gasteiger partial charge in [-0.05, 0) is 25.1 Å². The van der Waals surface area contributed by atoms with Gasteiger partial charge in [-0.2, -0.15) is 0 Å². The number of nitrogens with one attached hydrogen (secondary N) is 1. The molecule has 0 bridgehead atoms. The molecule has 0 fully saturated rings. The molecule has 2 N–H and O–H groups in total. The monoisotopic (exact) mass is 380 g/mol. The molecule has 2 rings (SSSR count).